The van der Waals surface area contributed by atoms with Crippen LogP contribution in [0.4, 0.5) is 14.5 Å². The highest BCUT2D eigenvalue weighted by molar-refractivity contribution is 8.00. The monoisotopic (exact) mass is 350 g/mol. The van der Waals surface area contributed by atoms with Crippen molar-refractivity contribution in [2.45, 2.75) is 11.4 Å². The number of benzene rings is 2. The van der Waals surface area contributed by atoms with Crippen molar-refractivity contribution in [2.75, 3.05) is 31.8 Å². The molecule has 6 heteroatoms. The average molecular weight is 350 g/mol. The lowest BCUT2D eigenvalue weighted by Crippen LogP contribution is -2.27. The van der Waals surface area contributed by atoms with Crippen molar-refractivity contribution >= 4 is 23.4 Å². The van der Waals surface area contributed by atoms with Crippen molar-refractivity contribution in [3.8, 4) is 0 Å². The molecule has 128 valence electrons. The van der Waals surface area contributed by atoms with E-state index in [9.17, 15) is 13.6 Å². The summed E-state index contributed by atoms with van der Waals surface area (Å²) in [6.45, 7) is 0.505. The van der Waals surface area contributed by atoms with E-state index in [2.05, 4.69) is 0 Å². The SMILES string of the molecule is CN(Cc1ccc(N(C)C)cc1)C(=O)CSc1ccc(F)c(F)c1. The van der Waals surface area contributed by atoms with Crippen LogP contribution >= 0.6 is 11.8 Å². The second-order valence-corrected chi connectivity index (χ2v) is 6.72. The Bertz CT molecular complexity index is 705. The number of anilines is 1. The summed E-state index contributed by atoms with van der Waals surface area (Å²) < 4.78 is 26.0. The van der Waals surface area contributed by atoms with E-state index in [0.717, 1.165) is 23.4 Å². The maximum absolute atomic E-state index is 13.2. The molecular formula is C18H20F2N2OS. The summed E-state index contributed by atoms with van der Waals surface area (Å²) in [5, 5.41) is 0. The standard InChI is InChI=1S/C18H20F2N2OS/c1-21(2)14-6-4-13(5-7-14)11-22(3)18(23)12-24-15-8-9-16(19)17(20)10-15/h4-10H,11-12H2,1-3H3. The van der Waals surface area contributed by atoms with Crippen molar-refractivity contribution in [1.29, 1.82) is 0 Å². The molecule has 2 rings (SSSR count). The summed E-state index contributed by atoms with van der Waals surface area (Å²) in [4.78, 5) is 16.3. The lowest BCUT2D eigenvalue weighted by Gasteiger charge is -2.18. The van der Waals surface area contributed by atoms with Gasteiger partial charge in [-0.25, -0.2) is 8.78 Å². The zero-order chi connectivity index (χ0) is 17.7. The minimum atomic E-state index is -0.901. The third kappa shape index (κ3) is 4.96. The highest BCUT2D eigenvalue weighted by atomic mass is 32.2. The molecule has 24 heavy (non-hydrogen) atoms. The van der Waals surface area contributed by atoms with E-state index in [1.807, 2.05) is 43.3 Å². The molecule has 0 saturated carbocycles. The zero-order valence-electron chi connectivity index (χ0n) is 13.9. The minimum Gasteiger partial charge on any atom is -0.378 e. The molecule has 0 heterocycles. The maximum atomic E-state index is 13.2. The number of rotatable bonds is 6. The number of hydrogen-bond donors (Lipinski definition) is 0. The maximum Gasteiger partial charge on any atom is 0.232 e. The van der Waals surface area contributed by atoms with E-state index in [1.54, 1.807) is 11.9 Å². The third-order valence-electron chi connectivity index (χ3n) is 3.55. The zero-order valence-corrected chi connectivity index (χ0v) is 14.7. The van der Waals surface area contributed by atoms with Crippen LogP contribution in [0.1, 0.15) is 5.56 Å². The quantitative estimate of drug-likeness (QED) is 0.741. The highest BCUT2D eigenvalue weighted by Gasteiger charge is 2.11. The van der Waals surface area contributed by atoms with Crippen LogP contribution in [0.5, 0.6) is 0 Å². The molecule has 0 aliphatic carbocycles. The summed E-state index contributed by atoms with van der Waals surface area (Å²) in [5.74, 6) is -1.68. The van der Waals surface area contributed by atoms with E-state index >= 15 is 0 Å². The smallest absolute Gasteiger partial charge is 0.232 e. The first-order chi connectivity index (χ1) is 11.4. The number of carbonyl (C=O) groups excluding carboxylic acids is 1. The predicted octanol–water partition coefficient (Wildman–Crippen LogP) is 3.78. The van der Waals surface area contributed by atoms with Gasteiger partial charge in [-0.1, -0.05) is 12.1 Å². The summed E-state index contributed by atoms with van der Waals surface area (Å²) in [5.41, 5.74) is 2.14. The van der Waals surface area contributed by atoms with Crippen LogP contribution in [0.2, 0.25) is 0 Å². The highest BCUT2D eigenvalue weighted by Crippen LogP contribution is 2.21. The fourth-order valence-corrected chi connectivity index (χ4v) is 2.95. The predicted molar refractivity (Wildman–Crippen MR) is 94.3 cm³/mol. The van der Waals surface area contributed by atoms with Crippen molar-refractivity contribution in [3.63, 3.8) is 0 Å². The van der Waals surface area contributed by atoms with Gasteiger partial charge in [-0.3, -0.25) is 4.79 Å². The van der Waals surface area contributed by atoms with Gasteiger partial charge in [-0.15, -0.1) is 11.8 Å². The third-order valence-corrected chi connectivity index (χ3v) is 4.53. The van der Waals surface area contributed by atoms with Crippen molar-refractivity contribution in [1.82, 2.24) is 4.90 Å². The lowest BCUT2D eigenvalue weighted by atomic mass is 10.2. The first kappa shape index (κ1) is 18.3. The van der Waals surface area contributed by atoms with Gasteiger partial charge in [-0.2, -0.15) is 0 Å². The summed E-state index contributed by atoms with van der Waals surface area (Å²) in [7, 11) is 5.67. The van der Waals surface area contributed by atoms with Gasteiger partial charge >= 0.3 is 0 Å². The molecule has 0 bridgehead atoms. The van der Waals surface area contributed by atoms with Crippen molar-refractivity contribution in [2.24, 2.45) is 0 Å². The summed E-state index contributed by atoms with van der Waals surface area (Å²) in [6.07, 6.45) is 0. The number of nitrogens with zero attached hydrogens (tertiary/aromatic N) is 2. The fourth-order valence-electron chi connectivity index (χ4n) is 2.08. The molecule has 0 radical (unpaired) electrons. The Morgan fingerprint density at radius 2 is 1.67 bits per heavy atom. The van der Waals surface area contributed by atoms with Crippen molar-refractivity contribution < 1.29 is 13.6 Å². The minimum absolute atomic E-state index is 0.0681. The molecular weight excluding hydrogens is 330 g/mol. The van der Waals surface area contributed by atoms with Gasteiger partial charge in [0, 0.05) is 38.3 Å². The molecule has 2 aromatic carbocycles. The molecule has 0 fully saturated rings. The first-order valence-electron chi connectivity index (χ1n) is 7.45. The molecule has 0 aliphatic heterocycles. The van der Waals surface area contributed by atoms with Gasteiger partial charge < -0.3 is 9.80 Å². The van der Waals surface area contributed by atoms with E-state index in [1.165, 1.54) is 17.8 Å². The van der Waals surface area contributed by atoms with Crippen LogP contribution in [-0.4, -0.2) is 37.7 Å². The van der Waals surface area contributed by atoms with E-state index in [0.29, 0.717) is 11.4 Å². The van der Waals surface area contributed by atoms with Crippen LogP contribution < -0.4 is 4.90 Å². The molecule has 1 amide bonds. The number of carbonyl (C=O) groups is 1. The Balaban J connectivity index is 1.88. The Morgan fingerprint density at radius 1 is 1.00 bits per heavy atom. The summed E-state index contributed by atoms with van der Waals surface area (Å²) in [6, 6.07) is 11.6. The Hall–Kier alpha value is -2.08. The van der Waals surface area contributed by atoms with Gasteiger partial charge in [0.1, 0.15) is 0 Å². The molecule has 0 spiro atoms. The molecule has 0 atom stereocenters. The van der Waals surface area contributed by atoms with E-state index in [4.69, 9.17) is 0 Å². The number of amides is 1. The van der Waals surface area contributed by atoms with Gasteiger partial charge in [0.25, 0.3) is 0 Å². The number of thioether (sulfide) groups is 1. The van der Waals surface area contributed by atoms with Gasteiger partial charge in [0.05, 0.1) is 5.75 Å². The van der Waals surface area contributed by atoms with Crippen LogP contribution in [0.15, 0.2) is 47.4 Å². The average Bonchev–Trinajstić information content (AvgIpc) is 2.56. The fraction of sp³-hybridized carbons (Fsp3) is 0.278. The van der Waals surface area contributed by atoms with Crippen LogP contribution in [0, 0.1) is 11.6 Å². The molecule has 0 aliphatic rings. The van der Waals surface area contributed by atoms with Gasteiger partial charge in [0.2, 0.25) is 5.91 Å². The normalized spacial score (nSPS) is 10.5. The Labute approximate surface area is 145 Å². The Morgan fingerprint density at radius 3 is 2.25 bits per heavy atom. The lowest BCUT2D eigenvalue weighted by molar-refractivity contribution is -0.127. The van der Waals surface area contributed by atoms with E-state index in [-0.39, 0.29) is 11.7 Å². The first-order valence-corrected chi connectivity index (χ1v) is 8.43. The second kappa shape index (κ2) is 8.15. The number of hydrogen-bond acceptors (Lipinski definition) is 3. The molecule has 2 aromatic rings. The van der Waals surface area contributed by atoms with Crippen LogP contribution in [0.25, 0.3) is 0 Å². The largest absolute Gasteiger partial charge is 0.378 e. The molecule has 0 unspecified atom stereocenters. The number of halogens is 2. The van der Waals surface area contributed by atoms with Crippen molar-refractivity contribution in [3.05, 3.63) is 59.7 Å². The molecule has 3 nitrogen and oxygen atoms in total. The molecule has 0 saturated heterocycles. The topological polar surface area (TPSA) is 23.6 Å². The van der Waals surface area contributed by atoms with E-state index < -0.39 is 11.6 Å². The van der Waals surface area contributed by atoms with Gasteiger partial charge in [0.15, 0.2) is 11.6 Å². The summed E-state index contributed by atoms with van der Waals surface area (Å²) >= 11 is 1.19. The van der Waals surface area contributed by atoms with Crippen LogP contribution in [0.3, 0.4) is 0 Å². The van der Waals surface area contributed by atoms with Gasteiger partial charge in [-0.05, 0) is 35.9 Å². The molecule has 0 N–H and O–H groups in total. The Kier molecular flexibility index (Phi) is 6.20. The van der Waals surface area contributed by atoms with Crippen LogP contribution in [-0.2, 0) is 11.3 Å². The molecule has 0 aromatic heterocycles. The second-order valence-electron chi connectivity index (χ2n) is 5.68.